The van der Waals surface area contributed by atoms with Crippen LogP contribution in [0.1, 0.15) is 19.4 Å². The first-order valence-corrected chi connectivity index (χ1v) is 5.52. The smallest absolute Gasteiger partial charge is 0.231 e. The van der Waals surface area contributed by atoms with Gasteiger partial charge in [-0.15, -0.1) is 0 Å². The van der Waals surface area contributed by atoms with E-state index < -0.39 is 5.54 Å². The highest BCUT2D eigenvalue weighted by molar-refractivity contribution is 6.01. The largest absolute Gasteiger partial charge is 0.368 e. The van der Waals surface area contributed by atoms with Crippen molar-refractivity contribution in [3.05, 3.63) is 23.8 Å². The molecule has 4 heteroatoms. The Bertz CT molecular complexity index is 514. The summed E-state index contributed by atoms with van der Waals surface area (Å²) in [7, 11) is 1.78. The van der Waals surface area contributed by atoms with Crippen molar-refractivity contribution in [2.24, 2.45) is 0 Å². The van der Waals surface area contributed by atoms with E-state index in [0.29, 0.717) is 6.42 Å². The summed E-state index contributed by atoms with van der Waals surface area (Å²) in [5, 5.41) is 12.1. The van der Waals surface area contributed by atoms with Gasteiger partial charge in [0.25, 0.3) is 0 Å². The minimum Gasteiger partial charge on any atom is -0.368 e. The maximum atomic E-state index is 11.5. The van der Waals surface area contributed by atoms with E-state index in [-0.39, 0.29) is 5.91 Å². The number of benzene rings is 1. The van der Waals surface area contributed by atoms with Crippen LogP contribution in [0.4, 0.5) is 11.4 Å². The predicted molar refractivity (Wildman–Crippen MR) is 66.9 cm³/mol. The molecule has 1 N–H and O–H groups in total. The first kappa shape index (κ1) is 11.5. The fourth-order valence-electron chi connectivity index (χ4n) is 1.94. The van der Waals surface area contributed by atoms with Gasteiger partial charge in [0.15, 0.2) is 0 Å². The van der Waals surface area contributed by atoms with Gasteiger partial charge >= 0.3 is 0 Å². The third-order valence-electron chi connectivity index (χ3n) is 2.89. The molecule has 0 unspecified atom stereocenters. The molecular formula is C13H15N3O. The van der Waals surface area contributed by atoms with Crippen LogP contribution in [0.5, 0.6) is 0 Å². The van der Waals surface area contributed by atoms with Gasteiger partial charge in [0, 0.05) is 18.4 Å². The molecule has 17 heavy (non-hydrogen) atoms. The number of likely N-dealkylation sites (N-methyl/N-ethyl adjacent to an activating group) is 1. The molecule has 1 aromatic carbocycles. The van der Waals surface area contributed by atoms with Gasteiger partial charge in [-0.2, -0.15) is 5.26 Å². The highest BCUT2D eigenvalue weighted by Gasteiger charge is 2.24. The van der Waals surface area contributed by atoms with E-state index in [1.165, 1.54) is 0 Å². The van der Waals surface area contributed by atoms with Gasteiger partial charge < -0.3 is 10.2 Å². The van der Waals surface area contributed by atoms with Crippen molar-refractivity contribution < 1.29 is 4.79 Å². The lowest BCUT2D eigenvalue weighted by molar-refractivity contribution is -0.117. The number of nitriles is 1. The molecule has 0 aromatic heterocycles. The van der Waals surface area contributed by atoms with Crippen LogP contribution in [-0.4, -0.2) is 18.5 Å². The fraction of sp³-hybridized carbons (Fsp3) is 0.385. The number of hydrogen-bond donors (Lipinski definition) is 1. The van der Waals surface area contributed by atoms with Crippen molar-refractivity contribution in [3.63, 3.8) is 0 Å². The Morgan fingerprint density at radius 1 is 1.47 bits per heavy atom. The quantitative estimate of drug-likeness (QED) is 0.843. The van der Waals surface area contributed by atoms with Gasteiger partial charge in [0.05, 0.1) is 12.5 Å². The van der Waals surface area contributed by atoms with E-state index in [1.807, 2.05) is 32.0 Å². The number of carbonyl (C=O) groups excluding carboxylic acids is 1. The second-order valence-electron chi connectivity index (χ2n) is 4.83. The predicted octanol–water partition coefficient (Wildman–Crippen LogP) is 1.92. The molecule has 88 valence electrons. The molecule has 4 nitrogen and oxygen atoms in total. The van der Waals surface area contributed by atoms with Gasteiger partial charge in [-0.3, -0.25) is 4.79 Å². The zero-order valence-electron chi connectivity index (χ0n) is 10.2. The Morgan fingerprint density at radius 2 is 2.18 bits per heavy atom. The highest BCUT2D eigenvalue weighted by atomic mass is 16.2. The average molecular weight is 229 g/mol. The van der Waals surface area contributed by atoms with Gasteiger partial charge in [-0.1, -0.05) is 0 Å². The Balaban J connectivity index is 2.29. The maximum absolute atomic E-state index is 11.5. The molecule has 1 aromatic rings. The molecule has 0 bridgehead atoms. The van der Waals surface area contributed by atoms with Gasteiger partial charge in [-0.25, -0.2) is 0 Å². The summed E-state index contributed by atoms with van der Waals surface area (Å²) >= 11 is 0. The van der Waals surface area contributed by atoms with Crippen molar-refractivity contribution in [3.8, 4) is 6.07 Å². The molecule has 0 aliphatic carbocycles. The van der Waals surface area contributed by atoms with Gasteiger partial charge in [0.1, 0.15) is 5.54 Å². The molecule has 2 rings (SSSR count). The van der Waals surface area contributed by atoms with Crippen LogP contribution in [0.25, 0.3) is 0 Å². The van der Waals surface area contributed by atoms with Gasteiger partial charge in [0.2, 0.25) is 5.91 Å². The van der Waals surface area contributed by atoms with Crippen LogP contribution in [0, 0.1) is 11.3 Å². The zero-order chi connectivity index (χ0) is 12.6. The number of nitrogens with one attached hydrogen (secondary N) is 1. The molecule has 0 atom stereocenters. The maximum Gasteiger partial charge on any atom is 0.231 e. The van der Waals surface area contributed by atoms with E-state index in [9.17, 15) is 4.79 Å². The second kappa shape index (κ2) is 3.77. The summed E-state index contributed by atoms with van der Waals surface area (Å²) < 4.78 is 0. The Morgan fingerprint density at radius 3 is 2.82 bits per heavy atom. The summed E-state index contributed by atoms with van der Waals surface area (Å²) in [6, 6.07) is 7.94. The Kier molecular flexibility index (Phi) is 2.55. The van der Waals surface area contributed by atoms with Crippen molar-refractivity contribution >= 4 is 17.3 Å². The third kappa shape index (κ3) is 2.09. The Hall–Kier alpha value is -2.02. The molecule has 0 saturated carbocycles. The lowest BCUT2D eigenvalue weighted by Gasteiger charge is -2.19. The van der Waals surface area contributed by atoms with Crippen LogP contribution < -0.4 is 10.2 Å². The second-order valence-corrected chi connectivity index (χ2v) is 4.83. The van der Waals surface area contributed by atoms with E-state index >= 15 is 0 Å². The van der Waals surface area contributed by atoms with Crippen molar-refractivity contribution in [2.75, 3.05) is 17.3 Å². The number of hydrogen-bond acceptors (Lipinski definition) is 3. The first-order valence-electron chi connectivity index (χ1n) is 5.52. The number of rotatable bonds is 2. The van der Waals surface area contributed by atoms with E-state index in [2.05, 4.69) is 11.4 Å². The minimum absolute atomic E-state index is 0.108. The van der Waals surface area contributed by atoms with Crippen LogP contribution in [0.15, 0.2) is 18.2 Å². The normalized spacial score (nSPS) is 14.5. The summed E-state index contributed by atoms with van der Waals surface area (Å²) in [6.45, 7) is 3.63. The first-order chi connectivity index (χ1) is 7.93. The number of amides is 1. The molecule has 0 radical (unpaired) electrons. The number of fused-ring (bicyclic) bond motifs is 1. The number of nitrogens with zero attached hydrogens (tertiary/aromatic N) is 2. The fourth-order valence-corrected chi connectivity index (χ4v) is 1.94. The van der Waals surface area contributed by atoms with Crippen LogP contribution in [0.2, 0.25) is 0 Å². The molecule has 1 amide bonds. The topological polar surface area (TPSA) is 56.1 Å². The minimum atomic E-state index is -0.608. The molecule has 1 aliphatic heterocycles. The van der Waals surface area contributed by atoms with Crippen LogP contribution in [0.3, 0.4) is 0 Å². The third-order valence-corrected chi connectivity index (χ3v) is 2.89. The SMILES string of the molecule is CN1C(=O)Cc2cc(NC(C)(C)C#N)ccc21. The summed E-state index contributed by atoms with van der Waals surface area (Å²) in [5.41, 5.74) is 2.23. The van der Waals surface area contributed by atoms with Gasteiger partial charge in [-0.05, 0) is 37.6 Å². The molecule has 1 aliphatic rings. The average Bonchev–Trinajstić information content (AvgIpc) is 2.54. The van der Waals surface area contributed by atoms with Crippen molar-refractivity contribution in [1.29, 1.82) is 5.26 Å². The Labute approximate surface area is 101 Å². The standard InChI is InChI=1S/C13H15N3O/c1-13(2,8-14)15-10-4-5-11-9(6-10)7-12(17)16(11)3/h4-6,15H,7H2,1-3H3. The van der Waals surface area contributed by atoms with Crippen molar-refractivity contribution in [2.45, 2.75) is 25.8 Å². The number of anilines is 2. The van der Waals surface area contributed by atoms with Crippen molar-refractivity contribution in [1.82, 2.24) is 0 Å². The van der Waals surface area contributed by atoms with Crippen LogP contribution in [-0.2, 0) is 11.2 Å². The number of carbonyl (C=O) groups is 1. The van der Waals surface area contributed by atoms with E-state index in [1.54, 1.807) is 11.9 Å². The summed E-state index contributed by atoms with van der Waals surface area (Å²) in [6.07, 6.45) is 0.439. The molecule has 0 saturated heterocycles. The van der Waals surface area contributed by atoms with E-state index in [0.717, 1.165) is 16.9 Å². The monoisotopic (exact) mass is 229 g/mol. The summed E-state index contributed by atoms with van der Waals surface area (Å²) in [4.78, 5) is 13.2. The molecule has 0 spiro atoms. The summed E-state index contributed by atoms with van der Waals surface area (Å²) in [5.74, 6) is 0.108. The molecule has 1 heterocycles. The zero-order valence-corrected chi connectivity index (χ0v) is 10.2. The lowest BCUT2D eigenvalue weighted by Crippen LogP contribution is -2.28. The van der Waals surface area contributed by atoms with Crippen LogP contribution >= 0.6 is 0 Å². The highest BCUT2D eigenvalue weighted by Crippen LogP contribution is 2.30. The van der Waals surface area contributed by atoms with E-state index in [4.69, 9.17) is 5.26 Å². The molecule has 0 fully saturated rings. The lowest BCUT2D eigenvalue weighted by atomic mass is 10.1. The molecular weight excluding hydrogens is 214 g/mol.